The quantitative estimate of drug-likeness (QED) is 0.430. The van der Waals surface area contributed by atoms with E-state index in [-0.39, 0.29) is 6.61 Å². The number of aliphatic hydroxyl groups is 1. The second-order valence-electron chi connectivity index (χ2n) is 7.36. The lowest BCUT2D eigenvalue weighted by Crippen LogP contribution is -2.37. The summed E-state index contributed by atoms with van der Waals surface area (Å²) in [6.07, 6.45) is 7.91. The van der Waals surface area contributed by atoms with E-state index in [1.54, 1.807) is 0 Å². The van der Waals surface area contributed by atoms with Crippen molar-refractivity contribution in [1.82, 2.24) is 14.9 Å². The highest BCUT2D eigenvalue weighted by atomic mass is 16.5. The van der Waals surface area contributed by atoms with E-state index in [0.717, 1.165) is 61.4 Å². The van der Waals surface area contributed by atoms with Gasteiger partial charge in [0.15, 0.2) is 0 Å². The zero-order valence-corrected chi connectivity index (χ0v) is 17.4. The summed E-state index contributed by atoms with van der Waals surface area (Å²) < 4.78 is 11.4. The number of aliphatic hydroxyl groups excluding tert-OH is 1. The van der Waals surface area contributed by atoms with Crippen LogP contribution in [-0.4, -0.2) is 59.4 Å². The smallest absolute Gasteiger partial charge is 0.141 e. The fraction of sp³-hybridized carbons (Fsp3) is 0.333. The molecule has 0 bridgehead atoms. The Balaban J connectivity index is 1.51. The number of aromatic nitrogens is 2. The van der Waals surface area contributed by atoms with Gasteiger partial charge in [-0.2, -0.15) is 0 Å². The van der Waals surface area contributed by atoms with Crippen LogP contribution < -0.4 is 10.1 Å². The number of rotatable bonds is 8. The van der Waals surface area contributed by atoms with E-state index >= 15 is 0 Å². The van der Waals surface area contributed by atoms with Crippen LogP contribution in [0.2, 0.25) is 0 Å². The third-order valence-electron chi connectivity index (χ3n) is 5.26. The number of nitrogens with one attached hydrogen (secondary N) is 1. The second kappa shape index (κ2) is 10.2. The maximum absolute atomic E-state index is 9.82. The molecule has 0 aliphatic carbocycles. The lowest BCUT2D eigenvalue weighted by molar-refractivity contribution is 0.0357. The average Bonchev–Trinajstić information content (AvgIpc) is 2.82. The van der Waals surface area contributed by atoms with Crippen molar-refractivity contribution in [3.05, 3.63) is 53.9 Å². The van der Waals surface area contributed by atoms with E-state index < -0.39 is 0 Å². The van der Waals surface area contributed by atoms with Crippen LogP contribution in [0.15, 0.2) is 42.7 Å². The van der Waals surface area contributed by atoms with Crippen molar-refractivity contribution in [3.8, 4) is 18.1 Å². The number of terminal acetylenes is 1. The third-order valence-corrected chi connectivity index (χ3v) is 5.26. The second-order valence-corrected chi connectivity index (χ2v) is 7.36. The molecular formula is C24H26N4O3. The van der Waals surface area contributed by atoms with Gasteiger partial charge in [-0.05, 0) is 36.8 Å². The monoisotopic (exact) mass is 418 g/mol. The molecule has 1 aliphatic rings. The van der Waals surface area contributed by atoms with Crippen molar-refractivity contribution < 1.29 is 14.6 Å². The number of ether oxygens (including phenoxy) is 2. The molecule has 7 heteroatoms. The van der Waals surface area contributed by atoms with Gasteiger partial charge in [0.25, 0.3) is 0 Å². The summed E-state index contributed by atoms with van der Waals surface area (Å²) in [6, 6.07) is 11.3. The Kier molecular flexibility index (Phi) is 6.95. The predicted molar refractivity (Wildman–Crippen MR) is 120 cm³/mol. The van der Waals surface area contributed by atoms with Crippen LogP contribution in [-0.2, 0) is 11.3 Å². The van der Waals surface area contributed by atoms with Crippen LogP contribution in [0.3, 0.4) is 0 Å². The van der Waals surface area contributed by atoms with Crippen LogP contribution in [0.5, 0.6) is 5.75 Å². The maximum Gasteiger partial charge on any atom is 0.141 e. The van der Waals surface area contributed by atoms with E-state index in [1.807, 2.05) is 36.4 Å². The average molecular weight is 418 g/mol. The van der Waals surface area contributed by atoms with Gasteiger partial charge in [0.1, 0.15) is 17.9 Å². The molecule has 1 fully saturated rings. The molecule has 1 aromatic heterocycles. The Morgan fingerprint density at radius 1 is 1.19 bits per heavy atom. The first-order chi connectivity index (χ1) is 15.3. The Morgan fingerprint density at radius 2 is 2.06 bits per heavy atom. The number of nitrogens with zero attached hydrogens (tertiary/aromatic N) is 3. The van der Waals surface area contributed by atoms with E-state index in [2.05, 4.69) is 26.1 Å². The number of hydrogen-bond acceptors (Lipinski definition) is 7. The van der Waals surface area contributed by atoms with E-state index in [4.69, 9.17) is 15.9 Å². The van der Waals surface area contributed by atoms with Crippen molar-refractivity contribution in [2.75, 3.05) is 44.8 Å². The van der Waals surface area contributed by atoms with Crippen LogP contribution >= 0.6 is 0 Å². The first kappa shape index (κ1) is 21.1. The number of benzene rings is 2. The van der Waals surface area contributed by atoms with Crippen molar-refractivity contribution in [3.63, 3.8) is 0 Å². The largest absolute Gasteiger partial charge is 0.493 e. The van der Waals surface area contributed by atoms with Gasteiger partial charge < -0.3 is 19.9 Å². The van der Waals surface area contributed by atoms with Gasteiger partial charge in [0.05, 0.1) is 31.9 Å². The molecule has 3 aromatic rings. The predicted octanol–water partition coefficient (Wildman–Crippen LogP) is 2.95. The molecule has 1 aliphatic heterocycles. The lowest BCUT2D eigenvalue weighted by Gasteiger charge is -2.26. The molecule has 2 aromatic carbocycles. The van der Waals surface area contributed by atoms with Crippen molar-refractivity contribution in [1.29, 1.82) is 0 Å². The summed E-state index contributed by atoms with van der Waals surface area (Å²) in [5.41, 5.74) is 3.07. The molecule has 0 amide bonds. The standard InChI is InChI=1S/C24H26N4O3/c1-2-18-5-3-6-20(13-18)27-24-21-15-23(19(16-29)14-22(21)25-17-26-24)31-10-4-7-28-8-11-30-12-9-28/h1,3,5-6,13-15,17,29H,4,7-12,16H2,(H,25,26,27). The van der Waals surface area contributed by atoms with Gasteiger partial charge >= 0.3 is 0 Å². The fourth-order valence-corrected chi connectivity index (χ4v) is 3.60. The molecule has 4 rings (SSSR count). The molecule has 160 valence electrons. The van der Waals surface area contributed by atoms with Gasteiger partial charge in [0.2, 0.25) is 0 Å². The summed E-state index contributed by atoms with van der Waals surface area (Å²) in [5, 5.41) is 13.9. The molecule has 7 nitrogen and oxygen atoms in total. The van der Waals surface area contributed by atoms with Crippen molar-refractivity contribution in [2.45, 2.75) is 13.0 Å². The van der Waals surface area contributed by atoms with Crippen molar-refractivity contribution in [2.24, 2.45) is 0 Å². The van der Waals surface area contributed by atoms with Crippen LogP contribution in [0, 0.1) is 12.3 Å². The highest BCUT2D eigenvalue weighted by Crippen LogP contribution is 2.30. The van der Waals surface area contributed by atoms with Crippen LogP contribution in [0.4, 0.5) is 11.5 Å². The normalized spacial score (nSPS) is 14.3. The fourth-order valence-electron chi connectivity index (χ4n) is 3.60. The first-order valence-corrected chi connectivity index (χ1v) is 10.4. The molecule has 1 saturated heterocycles. The van der Waals surface area contributed by atoms with E-state index in [9.17, 15) is 5.11 Å². The zero-order chi connectivity index (χ0) is 21.5. The van der Waals surface area contributed by atoms with E-state index in [1.165, 1.54) is 6.33 Å². The Hall–Kier alpha value is -3.18. The SMILES string of the molecule is C#Cc1cccc(Nc2ncnc3cc(CO)c(OCCCN4CCOCC4)cc23)c1. The topological polar surface area (TPSA) is 79.7 Å². The zero-order valence-electron chi connectivity index (χ0n) is 17.4. The van der Waals surface area contributed by atoms with Crippen LogP contribution in [0.25, 0.3) is 10.9 Å². The van der Waals surface area contributed by atoms with Gasteiger partial charge in [-0.25, -0.2) is 9.97 Å². The van der Waals surface area contributed by atoms with Gasteiger partial charge in [-0.15, -0.1) is 6.42 Å². The summed E-state index contributed by atoms with van der Waals surface area (Å²) >= 11 is 0. The summed E-state index contributed by atoms with van der Waals surface area (Å²) in [4.78, 5) is 11.1. The molecule has 0 radical (unpaired) electrons. The lowest BCUT2D eigenvalue weighted by atomic mass is 10.1. The Labute approximate surface area is 182 Å². The van der Waals surface area contributed by atoms with Crippen molar-refractivity contribution >= 4 is 22.4 Å². The number of fused-ring (bicyclic) bond motifs is 1. The Bertz CT molecular complexity index is 1070. The Morgan fingerprint density at radius 3 is 2.87 bits per heavy atom. The molecule has 0 spiro atoms. The minimum atomic E-state index is -0.119. The van der Waals surface area contributed by atoms with Gasteiger partial charge in [-0.1, -0.05) is 12.0 Å². The number of hydrogen-bond donors (Lipinski definition) is 2. The van der Waals surface area contributed by atoms with Gasteiger partial charge in [0, 0.05) is 41.8 Å². The molecule has 0 unspecified atom stereocenters. The molecule has 31 heavy (non-hydrogen) atoms. The van der Waals surface area contributed by atoms with E-state index in [0.29, 0.717) is 23.7 Å². The molecule has 0 saturated carbocycles. The third kappa shape index (κ3) is 5.30. The van der Waals surface area contributed by atoms with Gasteiger partial charge in [-0.3, -0.25) is 4.90 Å². The maximum atomic E-state index is 9.82. The van der Waals surface area contributed by atoms with Crippen LogP contribution in [0.1, 0.15) is 17.5 Å². The first-order valence-electron chi connectivity index (χ1n) is 10.4. The molecule has 2 N–H and O–H groups in total. The highest BCUT2D eigenvalue weighted by Gasteiger charge is 2.13. The minimum absolute atomic E-state index is 0.119. The summed E-state index contributed by atoms with van der Waals surface area (Å²) in [5.74, 6) is 3.94. The highest BCUT2D eigenvalue weighted by molar-refractivity contribution is 5.92. The number of morpholine rings is 1. The number of anilines is 2. The summed E-state index contributed by atoms with van der Waals surface area (Å²) in [7, 11) is 0. The molecule has 0 atom stereocenters. The molecule has 2 heterocycles. The summed E-state index contributed by atoms with van der Waals surface area (Å²) in [6.45, 7) is 4.92. The molecular weight excluding hydrogens is 392 g/mol. The minimum Gasteiger partial charge on any atom is -0.493 e.